The smallest absolute Gasteiger partial charge is 0.382 e. The van der Waals surface area contributed by atoms with E-state index in [0.717, 1.165) is 31.7 Å². The topological polar surface area (TPSA) is 75.3 Å². The molecule has 1 aromatic rings. The van der Waals surface area contributed by atoms with Gasteiger partial charge < -0.3 is 16.2 Å². The summed E-state index contributed by atoms with van der Waals surface area (Å²) in [6.45, 7) is -0.304. The van der Waals surface area contributed by atoms with Crippen molar-refractivity contribution in [1.82, 2.24) is 5.32 Å². The fourth-order valence-corrected chi connectivity index (χ4v) is 3.37. The summed E-state index contributed by atoms with van der Waals surface area (Å²) in [5.74, 6) is -0.336. The molecule has 0 bridgehead atoms. The van der Waals surface area contributed by atoms with Crippen LogP contribution in [-0.2, 0) is 17.5 Å². The van der Waals surface area contributed by atoms with Crippen LogP contribution < -0.4 is 11.1 Å². The van der Waals surface area contributed by atoms with Gasteiger partial charge in [0.1, 0.15) is 6.10 Å². The molecule has 4 N–H and O–H groups in total. The summed E-state index contributed by atoms with van der Waals surface area (Å²) in [5, 5.41) is 12.4. The van der Waals surface area contributed by atoms with Gasteiger partial charge in [0.2, 0.25) is 0 Å². The number of aliphatic hydroxyl groups excluding tert-OH is 1. The second kappa shape index (κ2) is 8.67. The molecular formula is C18H25F3N2O2. The van der Waals surface area contributed by atoms with Crippen LogP contribution in [0, 0.1) is 5.92 Å². The van der Waals surface area contributed by atoms with Crippen molar-refractivity contribution in [3.8, 4) is 0 Å². The van der Waals surface area contributed by atoms with Crippen LogP contribution in [0.5, 0.6) is 0 Å². The first kappa shape index (κ1) is 19.7. The Bertz CT molecular complexity index is 572. The molecular weight excluding hydrogens is 333 g/mol. The normalized spacial score (nSPS) is 18.6. The molecule has 140 valence electrons. The lowest BCUT2D eigenvalue weighted by Gasteiger charge is -2.26. The first-order chi connectivity index (χ1) is 11.8. The molecule has 1 amide bonds. The largest absolute Gasteiger partial charge is 0.416 e. The monoisotopic (exact) mass is 358 g/mol. The van der Waals surface area contributed by atoms with Crippen LogP contribution in [0.4, 0.5) is 13.2 Å². The molecule has 0 aliphatic heterocycles. The lowest BCUT2D eigenvalue weighted by molar-refractivity contribution is -0.138. The molecule has 1 unspecified atom stereocenters. The van der Waals surface area contributed by atoms with Crippen molar-refractivity contribution in [2.75, 3.05) is 0 Å². The zero-order valence-electron chi connectivity index (χ0n) is 14.1. The molecule has 0 radical (unpaired) electrons. The fraction of sp³-hybridized carbons (Fsp3) is 0.611. The van der Waals surface area contributed by atoms with Gasteiger partial charge in [-0.05, 0) is 24.0 Å². The zero-order chi connectivity index (χ0) is 18.4. The summed E-state index contributed by atoms with van der Waals surface area (Å²) in [6.07, 6.45) is 0.197. The molecule has 1 aliphatic carbocycles. The summed E-state index contributed by atoms with van der Waals surface area (Å²) >= 11 is 0. The number of hydrogen-bond donors (Lipinski definition) is 3. The van der Waals surface area contributed by atoms with Crippen LogP contribution in [0.15, 0.2) is 24.3 Å². The van der Waals surface area contributed by atoms with Crippen molar-refractivity contribution < 1.29 is 23.1 Å². The summed E-state index contributed by atoms with van der Waals surface area (Å²) in [6, 6.07) is 4.33. The summed E-state index contributed by atoms with van der Waals surface area (Å²) in [4.78, 5) is 12.0. The third-order valence-corrected chi connectivity index (χ3v) is 4.78. The Hall–Kier alpha value is -1.60. The van der Waals surface area contributed by atoms with E-state index in [-0.39, 0.29) is 12.1 Å². The zero-order valence-corrected chi connectivity index (χ0v) is 14.1. The first-order valence-electron chi connectivity index (χ1n) is 8.65. The average molecular weight is 358 g/mol. The maximum atomic E-state index is 12.9. The number of nitrogens with one attached hydrogen (secondary N) is 1. The van der Waals surface area contributed by atoms with Crippen molar-refractivity contribution in [3.05, 3.63) is 35.4 Å². The van der Waals surface area contributed by atoms with E-state index in [1.54, 1.807) is 0 Å². The highest BCUT2D eigenvalue weighted by molar-refractivity contribution is 5.81. The fourth-order valence-electron chi connectivity index (χ4n) is 3.37. The Morgan fingerprint density at radius 1 is 1.24 bits per heavy atom. The minimum absolute atomic E-state index is 0.0450. The lowest BCUT2D eigenvalue weighted by atomic mass is 9.84. The predicted molar refractivity (Wildman–Crippen MR) is 88.5 cm³/mol. The van der Waals surface area contributed by atoms with Gasteiger partial charge in [-0.1, -0.05) is 50.3 Å². The van der Waals surface area contributed by atoms with E-state index in [9.17, 15) is 23.1 Å². The number of aliphatic hydroxyl groups is 1. The second-order valence-electron chi connectivity index (χ2n) is 6.72. The first-order valence-corrected chi connectivity index (χ1v) is 8.65. The van der Waals surface area contributed by atoms with E-state index >= 15 is 0 Å². The van der Waals surface area contributed by atoms with Gasteiger partial charge >= 0.3 is 6.18 Å². The van der Waals surface area contributed by atoms with Gasteiger partial charge in [0.05, 0.1) is 5.56 Å². The van der Waals surface area contributed by atoms with Crippen LogP contribution in [0.2, 0.25) is 0 Å². The van der Waals surface area contributed by atoms with E-state index in [4.69, 9.17) is 5.73 Å². The molecule has 4 nitrogen and oxygen atoms in total. The summed E-state index contributed by atoms with van der Waals surface area (Å²) < 4.78 is 38.8. The number of amides is 1. The maximum absolute atomic E-state index is 12.9. The standard InChI is InChI=1S/C18H25F3N2O2/c19-18(20,21)14-9-5-4-8-13(14)11-23-17(25)16(24)15(22)10-12-6-2-1-3-7-12/h4-5,8-9,12,15-16,24H,1-3,6-7,10-11,22H2,(H,23,25)/t15-,16?/m1/s1. The minimum atomic E-state index is -4.49. The number of halogens is 3. The summed E-state index contributed by atoms with van der Waals surface area (Å²) in [5.41, 5.74) is 5.09. The Balaban J connectivity index is 1.89. The van der Waals surface area contributed by atoms with Crippen LogP contribution in [0.3, 0.4) is 0 Å². The van der Waals surface area contributed by atoms with Gasteiger partial charge in [-0.3, -0.25) is 4.79 Å². The third kappa shape index (κ3) is 5.71. The molecule has 7 heteroatoms. The van der Waals surface area contributed by atoms with Crippen LogP contribution in [0.25, 0.3) is 0 Å². The maximum Gasteiger partial charge on any atom is 0.416 e. The van der Waals surface area contributed by atoms with Gasteiger partial charge in [-0.15, -0.1) is 0 Å². The van der Waals surface area contributed by atoms with Gasteiger partial charge in [0, 0.05) is 12.6 Å². The highest BCUT2D eigenvalue weighted by Crippen LogP contribution is 2.32. The molecule has 25 heavy (non-hydrogen) atoms. The van der Waals surface area contributed by atoms with Gasteiger partial charge in [-0.2, -0.15) is 13.2 Å². The Morgan fingerprint density at radius 3 is 2.52 bits per heavy atom. The molecule has 0 spiro atoms. The van der Waals surface area contributed by atoms with Crippen molar-refractivity contribution in [2.24, 2.45) is 11.7 Å². The summed E-state index contributed by atoms with van der Waals surface area (Å²) in [7, 11) is 0. The Labute approximate surface area is 145 Å². The molecule has 2 atom stereocenters. The molecule has 1 fully saturated rings. The Kier molecular flexibility index (Phi) is 6.84. The highest BCUT2D eigenvalue weighted by Gasteiger charge is 2.33. The quantitative estimate of drug-likeness (QED) is 0.732. The number of carbonyl (C=O) groups excluding carboxylic acids is 1. The molecule has 2 rings (SSSR count). The molecule has 0 saturated heterocycles. The predicted octanol–water partition coefficient (Wildman–Crippen LogP) is 2.98. The molecule has 0 aromatic heterocycles. The van der Waals surface area contributed by atoms with Gasteiger partial charge in [0.25, 0.3) is 5.91 Å². The molecule has 0 heterocycles. The van der Waals surface area contributed by atoms with Gasteiger partial charge in [0.15, 0.2) is 0 Å². The van der Waals surface area contributed by atoms with Crippen molar-refractivity contribution in [3.63, 3.8) is 0 Å². The van der Waals surface area contributed by atoms with E-state index < -0.39 is 29.8 Å². The van der Waals surface area contributed by atoms with Crippen LogP contribution in [0.1, 0.15) is 49.7 Å². The van der Waals surface area contributed by atoms with E-state index in [1.165, 1.54) is 24.6 Å². The second-order valence-corrected chi connectivity index (χ2v) is 6.72. The Morgan fingerprint density at radius 2 is 1.88 bits per heavy atom. The molecule has 1 aromatic carbocycles. The number of alkyl halides is 3. The number of carbonyl (C=O) groups is 1. The van der Waals surface area contributed by atoms with Crippen LogP contribution in [-0.4, -0.2) is 23.2 Å². The van der Waals surface area contributed by atoms with Crippen molar-refractivity contribution in [2.45, 2.75) is 63.4 Å². The van der Waals surface area contributed by atoms with Gasteiger partial charge in [-0.25, -0.2) is 0 Å². The SMILES string of the molecule is N[C@H](CC1CCCCC1)C(O)C(=O)NCc1ccccc1C(F)(F)F. The van der Waals surface area contributed by atoms with Crippen molar-refractivity contribution >= 4 is 5.91 Å². The lowest BCUT2D eigenvalue weighted by Crippen LogP contribution is -2.47. The van der Waals surface area contributed by atoms with E-state index in [1.807, 2.05) is 0 Å². The number of nitrogens with two attached hydrogens (primary N) is 1. The number of hydrogen-bond acceptors (Lipinski definition) is 3. The van der Waals surface area contributed by atoms with E-state index in [2.05, 4.69) is 5.32 Å². The average Bonchev–Trinajstić information content (AvgIpc) is 2.59. The third-order valence-electron chi connectivity index (χ3n) is 4.78. The highest BCUT2D eigenvalue weighted by atomic mass is 19.4. The van der Waals surface area contributed by atoms with Crippen LogP contribution >= 0.6 is 0 Å². The number of benzene rings is 1. The molecule has 1 saturated carbocycles. The van der Waals surface area contributed by atoms with E-state index in [0.29, 0.717) is 12.3 Å². The minimum Gasteiger partial charge on any atom is -0.382 e. The number of rotatable bonds is 6. The van der Waals surface area contributed by atoms with Crippen molar-refractivity contribution in [1.29, 1.82) is 0 Å². The molecule has 1 aliphatic rings.